The molecule has 6 nitrogen and oxygen atoms in total. The van der Waals surface area contributed by atoms with Crippen LogP contribution in [0.4, 0.5) is 13.2 Å². The van der Waals surface area contributed by atoms with Gasteiger partial charge in [-0.2, -0.15) is 13.2 Å². The second-order valence-corrected chi connectivity index (χ2v) is 8.10. The zero-order valence-electron chi connectivity index (χ0n) is 17.8. The van der Waals surface area contributed by atoms with Gasteiger partial charge in [0.05, 0.1) is 45.1 Å². The zero-order chi connectivity index (χ0) is 24.1. The third-order valence-electron chi connectivity index (χ3n) is 5.50. The van der Waals surface area contributed by atoms with Gasteiger partial charge in [0.25, 0.3) is 0 Å². The van der Waals surface area contributed by atoms with Crippen LogP contribution in [0.15, 0.2) is 36.7 Å². The van der Waals surface area contributed by atoms with Crippen molar-refractivity contribution in [3.8, 4) is 11.3 Å². The van der Waals surface area contributed by atoms with Crippen molar-refractivity contribution in [3.63, 3.8) is 0 Å². The van der Waals surface area contributed by atoms with E-state index in [1.54, 1.807) is 13.8 Å². The van der Waals surface area contributed by atoms with E-state index in [1.807, 2.05) is 23.6 Å². The normalized spacial score (nSPS) is 11.8. The second-order valence-electron chi connectivity index (χ2n) is 7.69. The number of aromatic nitrogens is 4. The summed E-state index contributed by atoms with van der Waals surface area (Å²) in [5.74, 6) is -0.412. The molecule has 0 saturated heterocycles. The molecule has 0 radical (unpaired) electrons. The van der Waals surface area contributed by atoms with Gasteiger partial charge in [0.1, 0.15) is 5.82 Å². The van der Waals surface area contributed by atoms with Crippen molar-refractivity contribution in [2.45, 2.75) is 33.5 Å². The molecule has 3 heterocycles. The summed E-state index contributed by atoms with van der Waals surface area (Å²) in [6.07, 6.45) is -2.33. The summed E-state index contributed by atoms with van der Waals surface area (Å²) in [6.45, 7) is 5.47. The molecule has 4 aromatic rings. The highest BCUT2D eigenvalue weighted by Crippen LogP contribution is 2.33. The van der Waals surface area contributed by atoms with Crippen LogP contribution in [0.1, 0.15) is 38.6 Å². The molecule has 1 N–H and O–H groups in total. The number of aryl methyl sites for hydroxylation is 2. The lowest BCUT2D eigenvalue weighted by molar-refractivity contribution is -0.137. The largest absolute Gasteiger partial charge is 0.478 e. The molecule has 0 atom stereocenters. The predicted octanol–water partition coefficient (Wildman–Crippen LogP) is 5.84. The van der Waals surface area contributed by atoms with E-state index in [2.05, 4.69) is 15.0 Å². The van der Waals surface area contributed by atoms with Crippen LogP contribution < -0.4 is 0 Å². The summed E-state index contributed by atoms with van der Waals surface area (Å²) in [6, 6.07) is 6.02. The first-order chi connectivity index (χ1) is 15.5. The maximum atomic E-state index is 13.0. The highest BCUT2D eigenvalue weighted by Gasteiger charge is 2.31. The van der Waals surface area contributed by atoms with Gasteiger partial charge in [-0.25, -0.2) is 9.78 Å². The highest BCUT2D eigenvalue weighted by atomic mass is 35.5. The number of pyridine rings is 2. The number of benzene rings is 1. The SMILES string of the molecule is Cc1c(C(=O)O)ccnc1-c1cc(C)c2nc(C)n(Cc3ncc(C(F)(F)F)cc3Cl)c2c1. The van der Waals surface area contributed by atoms with Gasteiger partial charge in [-0.15, -0.1) is 0 Å². The quantitative estimate of drug-likeness (QED) is 0.402. The summed E-state index contributed by atoms with van der Waals surface area (Å²) in [5, 5.41) is 9.35. The van der Waals surface area contributed by atoms with E-state index in [0.717, 1.165) is 17.8 Å². The lowest BCUT2D eigenvalue weighted by Gasteiger charge is -2.13. The second kappa shape index (κ2) is 8.15. The number of rotatable bonds is 4. The average molecular weight is 475 g/mol. The first kappa shape index (κ1) is 22.7. The molecule has 1 aromatic carbocycles. The van der Waals surface area contributed by atoms with Gasteiger partial charge >= 0.3 is 12.1 Å². The number of hydrogen-bond acceptors (Lipinski definition) is 4. The summed E-state index contributed by atoms with van der Waals surface area (Å²) < 4.78 is 40.7. The molecule has 0 fully saturated rings. The fourth-order valence-electron chi connectivity index (χ4n) is 3.79. The van der Waals surface area contributed by atoms with Gasteiger partial charge in [0.2, 0.25) is 0 Å². The van der Waals surface area contributed by atoms with E-state index in [4.69, 9.17) is 11.6 Å². The molecule has 0 bridgehead atoms. The molecular weight excluding hydrogens is 457 g/mol. The lowest BCUT2D eigenvalue weighted by atomic mass is 10.00. The number of carboxylic acids is 1. The Morgan fingerprint density at radius 2 is 1.88 bits per heavy atom. The molecule has 10 heteroatoms. The third-order valence-corrected chi connectivity index (χ3v) is 5.82. The zero-order valence-corrected chi connectivity index (χ0v) is 18.6. The number of alkyl halides is 3. The third kappa shape index (κ3) is 4.16. The van der Waals surface area contributed by atoms with Crippen molar-refractivity contribution in [2.75, 3.05) is 0 Å². The van der Waals surface area contributed by atoms with Crippen molar-refractivity contribution >= 4 is 28.6 Å². The standard InChI is InChI=1S/C23H18ClF3N4O2/c1-11-6-14(21-12(2)16(22(32)33)4-5-28-21)7-19-20(11)30-13(3)31(19)10-18-17(24)8-15(9-29-18)23(25,26)27/h4-9H,10H2,1-3H3,(H,32,33). The minimum absolute atomic E-state index is 0.0920. The van der Waals surface area contributed by atoms with Crippen LogP contribution >= 0.6 is 11.6 Å². The maximum absolute atomic E-state index is 13.0. The monoisotopic (exact) mass is 474 g/mol. The van der Waals surface area contributed by atoms with Crippen molar-refractivity contribution in [2.24, 2.45) is 0 Å². The molecule has 0 unspecified atom stereocenters. The van der Waals surface area contributed by atoms with Crippen LogP contribution in [-0.4, -0.2) is 30.6 Å². The minimum Gasteiger partial charge on any atom is -0.478 e. The Hall–Kier alpha value is -3.46. The minimum atomic E-state index is -4.53. The number of aromatic carboxylic acids is 1. The molecule has 0 amide bonds. The molecule has 0 spiro atoms. The Bertz CT molecular complexity index is 1410. The average Bonchev–Trinajstić information content (AvgIpc) is 3.04. The van der Waals surface area contributed by atoms with E-state index < -0.39 is 17.7 Å². The Morgan fingerprint density at radius 3 is 2.52 bits per heavy atom. The summed E-state index contributed by atoms with van der Waals surface area (Å²) >= 11 is 6.12. The molecule has 0 aliphatic rings. The number of carbonyl (C=O) groups is 1. The number of hydrogen-bond donors (Lipinski definition) is 1. The Balaban J connectivity index is 1.84. The fraction of sp³-hybridized carbons (Fsp3) is 0.217. The van der Waals surface area contributed by atoms with Crippen LogP contribution in [0.5, 0.6) is 0 Å². The smallest absolute Gasteiger partial charge is 0.417 e. The number of nitrogens with zero attached hydrogens (tertiary/aromatic N) is 4. The summed E-state index contributed by atoms with van der Waals surface area (Å²) in [4.78, 5) is 24.4. The molecule has 170 valence electrons. The van der Waals surface area contributed by atoms with E-state index in [1.165, 1.54) is 12.3 Å². The van der Waals surface area contributed by atoms with Gasteiger partial charge in [0, 0.05) is 18.0 Å². The van der Waals surface area contributed by atoms with E-state index >= 15 is 0 Å². The van der Waals surface area contributed by atoms with Gasteiger partial charge < -0.3 is 9.67 Å². The van der Waals surface area contributed by atoms with Gasteiger partial charge in [-0.1, -0.05) is 11.6 Å². The topological polar surface area (TPSA) is 80.9 Å². The van der Waals surface area contributed by atoms with Gasteiger partial charge in [0.15, 0.2) is 0 Å². The fourth-order valence-corrected chi connectivity index (χ4v) is 4.02. The van der Waals surface area contributed by atoms with E-state index in [-0.39, 0.29) is 22.8 Å². The molecule has 0 aliphatic carbocycles. The van der Waals surface area contributed by atoms with Gasteiger partial charge in [-0.3, -0.25) is 9.97 Å². The maximum Gasteiger partial charge on any atom is 0.417 e. The highest BCUT2D eigenvalue weighted by molar-refractivity contribution is 6.31. The molecule has 3 aromatic heterocycles. The molecule has 33 heavy (non-hydrogen) atoms. The van der Waals surface area contributed by atoms with Gasteiger partial charge in [-0.05, 0) is 56.2 Å². The predicted molar refractivity (Wildman–Crippen MR) is 117 cm³/mol. The molecule has 0 saturated carbocycles. The van der Waals surface area contributed by atoms with Crippen LogP contribution in [-0.2, 0) is 12.7 Å². The van der Waals surface area contributed by atoms with Crippen LogP contribution in [0.3, 0.4) is 0 Å². The van der Waals surface area contributed by atoms with Crippen molar-refractivity contribution in [3.05, 3.63) is 75.5 Å². The lowest BCUT2D eigenvalue weighted by Crippen LogP contribution is -2.09. The Labute approximate surface area is 191 Å². The van der Waals surface area contributed by atoms with Crippen molar-refractivity contribution < 1.29 is 23.1 Å². The van der Waals surface area contributed by atoms with Crippen LogP contribution in [0, 0.1) is 20.8 Å². The van der Waals surface area contributed by atoms with E-state index in [9.17, 15) is 23.1 Å². The molecule has 0 aliphatic heterocycles. The van der Waals surface area contributed by atoms with Crippen LogP contribution in [0.25, 0.3) is 22.3 Å². The van der Waals surface area contributed by atoms with Crippen LogP contribution in [0.2, 0.25) is 5.02 Å². The molecule has 4 rings (SSSR count). The first-order valence-corrected chi connectivity index (χ1v) is 10.2. The summed E-state index contributed by atoms with van der Waals surface area (Å²) in [5.41, 5.74) is 3.54. The number of halogens is 4. The van der Waals surface area contributed by atoms with Crippen molar-refractivity contribution in [1.29, 1.82) is 0 Å². The van der Waals surface area contributed by atoms with Crippen molar-refractivity contribution in [1.82, 2.24) is 19.5 Å². The number of carboxylic acid groups (broad SMARTS) is 1. The Morgan fingerprint density at radius 1 is 1.15 bits per heavy atom. The number of fused-ring (bicyclic) bond motifs is 1. The number of imidazole rings is 1. The molecular formula is C23H18ClF3N4O2. The van der Waals surface area contributed by atoms with E-state index in [0.29, 0.717) is 33.7 Å². The first-order valence-electron chi connectivity index (χ1n) is 9.85. The Kier molecular flexibility index (Phi) is 5.61. The summed E-state index contributed by atoms with van der Waals surface area (Å²) in [7, 11) is 0.